The Morgan fingerprint density at radius 1 is 1.07 bits per heavy atom. The Balaban J connectivity index is 1.65. The van der Waals surface area contributed by atoms with Crippen LogP contribution in [0, 0.1) is 6.92 Å². The Bertz CT molecular complexity index is 889. The monoisotopic (exact) mass is 381 g/mol. The molecule has 0 saturated carbocycles. The second kappa shape index (κ2) is 8.77. The molecule has 3 rings (SSSR count). The van der Waals surface area contributed by atoms with Gasteiger partial charge in [-0.05, 0) is 37.5 Å². The molecule has 0 unspecified atom stereocenters. The molecule has 0 aliphatic rings. The highest BCUT2D eigenvalue weighted by molar-refractivity contribution is 7.18. The molecule has 2 aromatic carbocycles. The van der Waals surface area contributed by atoms with Gasteiger partial charge in [0.25, 0.3) is 5.91 Å². The van der Waals surface area contributed by atoms with Crippen LogP contribution in [0.5, 0.6) is 5.75 Å². The number of amides is 1. The van der Waals surface area contributed by atoms with Gasteiger partial charge in [0.1, 0.15) is 10.8 Å². The van der Waals surface area contributed by atoms with Crippen molar-refractivity contribution in [3.8, 4) is 16.3 Å². The summed E-state index contributed by atoms with van der Waals surface area (Å²) in [6, 6.07) is 15.9. The highest BCUT2D eigenvalue weighted by atomic mass is 32.1. The predicted octanol–water partition coefficient (Wildman–Crippen LogP) is 4.87. The van der Waals surface area contributed by atoms with Crippen molar-refractivity contribution in [3.05, 3.63) is 59.7 Å². The van der Waals surface area contributed by atoms with E-state index in [1.807, 2.05) is 62.4 Å². The quantitative estimate of drug-likeness (QED) is 0.634. The molecule has 0 aliphatic heterocycles. The number of anilines is 1. The van der Waals surface area contributed by atoms with Crippen LogP contribution in [0.15, 0.2) is 48.5 Å². The van der Waals surface area contributed by atoms with E-state index in [0.717, 1.165) is 17.0 Å². The maximum Gasteiger partial charge on any atom is 0.267 e. The normalized spacial score (nSPS) is 11.8. The Hall–Kier alpha value is -2.73. The fourth-order valence-corrected chi connectivity index (χ4v) is 3.31. The predicted molar refractivity (Wildman–Crippen MR) is 109 cm³/mol. The molecule has 0 radical (unpaired) electrons. The maximum absolute atomic E-state index is 12.6. The van der Waals surface area contributed by atoms with Crippen LogP contribution in [0.1, 0.15) is 31.4 Å². The van der Waals surface area contributed by atoms with Crippen molar-refractivity contribution < 1.29 is 9.53 Å². The lowest BCUT2D eigenvalue weighted by atomic mass is 10.2. The number of ether oxygens (including phenoxy) is 1. The van der Waals surface area contributed by atoms with Crippen LogP contribution in [-0.4, -0.2) is 22.2 Å². The van der Waals surface area contributed by atoms with Crippen molar-refractivity contribution in [1.82, 2.24) is 10.2 Å². The standard InChI is InChI=1S/C21H23N3O2S/c1-4-15-8-12-17(13-9-15)26-18(5-2)19(25)22-21-24-23-20(27-21)16-10-6-14(3)7-11-16/h6-13,18H,4-5H2,1-3H3,(H,22,24,25)/t18-/m1/s1. The smallest absolute Gasteiger partial charge is 0.267 e. The van der Waals surface area contributed by atoms with Crippen LogP contribution in [0.4, 0.5) is 5.13 Å². The van der Waals surface area contributed by atoms with E-state index in [1.165, 1.54) is 22.5 Å². The molecular weight excluding hydrogens is 358 g/mol. The molecule has 0 aliphatic carbocycles. The molecule has 0 bridgehead atoms. The largest absolute Gasteiger partial charge is 0.481 e. The first-order chi connectivity index (χ1) is 13.1. The molecule has 1 atom stereocenters. The molecule has 5 nitrogen and oxygen atoms in total. The highest BCUT2D eigenvalue weighted by Gasteiger charge is 2.20. The second-order valence-electron chi connectivity index (χ2n) is 6.28. The molecule has 140 valence electrons. The Kier molecular flexibility index (Phi) is 6.19. The van der Waals surface area contributed by atoms with Crippen LogP contribution in [-0.2, 0) is 11.2 Å². The van der Waals surface area contributed by atoms with Crippen LogP contribution >= 0.6 is 11.3 Å². The van der Waals surface area contributed by atoms with Gasteiger partial charge < -0.3 is 4.74 Å². The van der Waals surface area contributed by atoms with E-state index in [9.17, 15) is 4.79 Å². The molecule has 1 amide bonds. The molecule has 0 fully saturated rings. The Morgan fingerprint density at radius 3 is 2.41 bits per heavy atom. The summed E-state index contributed by atoms with van der Waals surface area (Å²) in [4.78, 5) is 12.6. The third kappa shape index (κ3) is 4.92. The highest BCUT2D eigenvalue weighted by Crippen LogP contribution is 2.27. The first-order valence-electron chi connectivity index (χ1n) is 9.06. The molecule has 1 aromatic heterocycles. The number of hydrogen-bond acceptors (Lipinski definition) is 5. The van der Waals surface area contributed by atoms with E-state index >= 15 is 0 Å². The maximum atomic E-state index is 12.6. The number of nitrogens with zero attached hydrogens (tertiary/aromatic N) is 2. The van der Waals surface area contributed by atoms with Gasteiger partial charge in [-0.15, -0.1) is 10.2 Å². The third-order valence-corrected chi connectivity index (χ3v) is 5.11. The zero-order valence-corrected chi connectivity index (χ0v) is 16.5. The van der Waals surface area contributed by atoms with Crippen molar-refractivity contribution >= 4 is 22.4 Å². The fourth-order valence-electron chi connectivity index (χ4n) is 2.56. The SMILES string of the molecule is CCc1ccc(O[C@H](CC)C(=O)Nc2nnc(-c3ccc(C)cc3)s2)cc1. The van der Waals surface area contributed by atoms with Crippen molar-refractivity contribution in [3.63, 3.8) is 0 Å². The number of aryl methyl sites for hydroxylation is 2. The van der Waals surface area contributed by atoms with Gasteiger partial charge in [0, 0.05) is 5.56 Å². The van der Waals surface area contributed by atoms with Gasteiger partial charge >= 0.3 is 0 Å². The summed E-state index contributed by atoms with van der Waals surface area (Å²) in [6.45, 7) is 6.06. The average Bonchev–Trinajstić information content (AvgIpc) is 3.15. The summed E-state index contributed by atoms with van der Waals surface area (Å²) < 4.78 is 5.85. The van der Waals surface area contributed by atoms with E-state index in [-0.39, 0.29) is 5.91 Å². The van der Waals surface area contributed by atoms with Gasteiger partial charge in [-0.25, -0.2) is 0 Å². The van der Waals surface area contributed by atoms with Crippen LogP contribution in [0.25, 0.3) is 10.6 Å². The Labute approximate surface area is 163 Å². The molecule has 0 saturated heterocycles. The first-order valence-corrected chi connectivity index (χ1v) is 9.87. The number of carbonyl (C=O) groups is 1. The van der Waals surface area contributed by atoms with E-state index in [0.29, 0.717) is 17.3 Å². The molecule has 1 N–H and O–H groups in total. The number of rotatable bonds is 7. The van der Waals surface area contributed by atoms with Gasteiger partial charge in [-0.2, -0.15) is 0 Å². The molecule has 27 heavy (non-hydrogen) atoms. The summed E-state index contributed by atoms with van der Waals surface area (Å²) >= 11 is 1.35. The first kappa shape index (κ1) is 19.0. The lowest BCUT2D eigenvalue weighted by Gasteiger charge is -2.16. The third-order valence-electron chi connectivity index (χ3n) is 4.23. The van der Waals surface area contributed by atoms with E-state index in [4.69, 9.17) is 4.74 Å². The number of benzene rings is 2. The number of nitrogens with one attached hydrogen (secondary N) is 1. The zero-order chi connectivity index (χ0) is 19.2. The minimum Gasteiger partial charge on any atom is -0.481 e. The van der Waals surface area contributed by atoms with E-state index < -0.39 is 6.10 Å². The average molecular weight is 382 g/mol. The van der Waals surface area contributed by atoms with Crippen LogP contribution < -0.4 is 10.1 Å². The second-order valence-corrected chi connectivity index (χ2v) is 7.26. The van der Waals surface area contributed by atoms with Crippen molar-refractivity contribution in [1.29, 1.82) is 0 Å². The lowest BCUT2D eigenvalue weighted by molar-refractivity contribution is -0.122. The number of hydrogen-bond donors (Lipinski definition) is 1. The van der Waals surface area contributed by atoms with Gasteiger partial charge in [-0.3, -0.25) is 10.1 Å². The number of aromatic nitrogens is 2. The molecule has 0 spiro atoms. The molecule has 6 heteroatoms. The van der Waals surface area contributed by atoms with Crippen molar-refractivity contribution in [2.75, 3.05) is 5.32 Å². The topological polar surface area (TPSA) is 64.1 Å². The molecule has 1 heterocycles. The van der Waals surface area contributed by atoms with E-state index in [1.54, 1.807) is 0 Å². The minimum absolute atomic E-state index is 0.219. The summed E-state index contributed by atoms with van der Waals surface area (Å²) in [5.41, 5.74) is 3.40. The van der Waals surface area contributed by atoms with Gasteiger partial charge in [-0.1, -0.05) is 67.1 Å². The summed E-state index contributed by atoms with van der Waals surface area (Å²) in [5, 5.41) is 12.3. The summed E-state index contributed by atoms with van der Waals surface area (Å²) in [7, 11) is 0. The number of carbonyl (C=O) groups excluding carboxylic acids is 1. The van der Waals surface area contributed by atoms with Crippen molar-refractivity contribution in [2.45, 2.75) is 39.7 Å². The molecular formula is C21H23N3O2S. The molecule has 3 aromatic rings. The summed E-state index contributed by atoms with van der Waals surface area (Å²) in [5.74, 6) is 0.468. The summed E-state index contributed by atoms with van der Waals surface area (Å²) in [6.07, 6.45) is 0.952. The van der Waals surface area contributed by atoms with Gasteiger partial charge in [0.05, 0.1) is 0 Å². The van der Waals surface area contributed by atoms with Crippen molar-refractivity contribution in [2.24, 2.45) is 0 Å². The lowest BCUT2D eigenvalue weighted by Crippen LogP contribution is -2.32. The fraction of sp³-hybridized carbons (Fsp3) is 0.286. The Morgan fingerprint density at radius 2 is 1.78 bits per heavy atom. The van der Waals surface area contributed by atoms with Crippen LogP contribution in [0.3, 0.4) is 0 Å². The van der Waals surface area contributed by atoms with E-state index in [2.05, 4.69) is 22.4 Å². The van der Waals surface area contributed by atoms with Crippen LogP contribution in [0.2, 0.25) is 0 Å². The minimum atomic E-state index is -0.579. The van der Waals surface area contributed by atoms with Gasteiger partial charge in [0.15, 0.2) is 6.10 Å². The van der Waals surface area contributed by atoms with Gasteiger partial charge in [0.2, 0.25) is 5.13 Å². The zero-order valence-electron chi connectivity index (χ0n) is 15.7.